The van der Waals surface area contributed by atoms with Crippen LogP contribution in [-0.4, -0.2) is 18.2 Å². The Morgan fingerprint density at radius 3 is 2.72 bits per heavy atom. The lowest BCUT2D eigenvalue weighted by molar-refractivity contribution is -0.137. The fourth-order valence-electron chi connectivity index (χ4n) is 2.73. The largest absolute Gasteiger partial charge is 0.496 e. The first kappa shape index (κ1) is 12.9. The Balaban J connectivity index is 1.88. The molecule has 1 N–H and O–H groups in total. The van der Waals surface area contributed by atoms with Gasteiger partial charge in [0.1, 0.15) is 5.75 Å². The Bertz CT molecular complexity index is 433. The highest BCUT2D eigenvalue weighted by molar-refractivity contribution is 5.66. The van der Waals surface area contributed by atoms with E-state index in [-0.39, 0.29) is 0 Å². The number of aryl methyl sites for hydroxylation is 1. The highest BCUT2D eigenvalue weighted by atomic mass is 16.5. The van der Waals surface area contributed by atoms with E-state index >= 15 is 0 Å². The van der Waals surface area contributed by atoms with Crippen LogP contribution in [0.3, 0.4) is 0 Å². The molecule has 0 spiro atoms. The van der Waals surface area contributed by atoms with Gasteiger partial charge in [0, 0.05) is 6.42 Å². The van der Waals surface area contributed by atoms with E-state index in [4.69, 9.17) is 9.84 Å². The number of hydrogen-bond donors (Lipinski definition) is 1. The number of carbonyl (C=O) groups is 1. The molecule has 3 heteroatoms. The first-order valence-electron chi connectivity index (χ1n) is 6.46. The van der Waals surface area contributed by atoms with E-state index < -0.39 is 5.97 Å². The summed E-state index contributed by atoms with van der Waals surface area (Å²) in [6.45, 7) is 2.06. The molecular formula is C15H20O3. The van der Waals surface area contributed by atoms with Gasteiger partial charge in [-0.3, -0.25) is 4.79 Å². The van der Waals surface area contributed by atoms with Gasteiger partial charge in [0.15, 0.2) is 0 Å². The fourth-order valence-corrected chi connectivity index (χ4v) is 2.73. The van der Waals surface area contributed by atoms with Gasteiger partial charge < -0.3 is 9.84 Å². The molecule has 1 aliphatic rings. The van der Waals surface area contributed by atoms with E-state index in [1.165, 1.54) is 11.1 Å². The number of rotatable bonds is 5. The zero-order chi connectivity index (χ0) is 13.1. The predicted molar refractivity (Wildman–Crippen MR) is 70.1 cm³/mol. The Morgan fingerprint density at radius 1 is 1.44 bits per heavy atom. The Morgan fingerprint density at radius 2 is 2.17 bits per heavy atom. The zero-order valence-corrected chi connectivity index (χ0v) is 11.0. The van der Waals surface area contributed by atoms with Crippen LogP contribution in [0, 0.1) is 12.8 Å². The average molecular weight is 248 g/mol. The molecule has 0 radical (unpaired) electrons. The molecule has 3 nitrogen and oxygen atoms in total. The SMILES string of the molecule is COc1ccc(C2CC(CCC(=O)O)C2)cc1C. The van der Waals surface area contributed by atoms with Gasteiger partial charge in [-0.25, -0.2) is 0 Å². The molecule has 18 heavy (non-hydrogen) atoms. The normalized spacial score (nSPS) is 22.3. The second kappa shape index (κ2) is 5.42. The molecule has 1 saturated carbocycles. The number of benzene rings is 1. The lowest BCUT2D eigenvalue weighted by Crippen LogP contribution is -2.22. The van der Waals surface area contributed by atoms with Gasteiger partial charge in [-0.2, -0.15) is 0 Å². The van der Waals surface area contributed by atoms with Gasteiger partial charge in [0.25, 0.3) is 0 Å². The van der Waals surface area contributed by atoms with Crippen LogP contribution in [0.15, 0.2) is 18.2 Å². The minimum atomic E-state index is -0.682. The zero-order valence-electron chi connectivity index (χ0n) is 11.0. The second-order valence-corrected chi connectivity index (χ2v) is 5.20. The summed E-state index contributed by atoms with van der Waals surface area (Å²) in [7, 11) is 1.69. The van der Waals surface area contributed by atoms with Crippen molar-refractivity contribution in [2.24, 2.45) is 5.92 Å². The molecule has 0 saturated heterocycles. The summed E-state index contributed by atoms with van der Waals surface area (Å²) in [4.78, 5) is 10.5. The van der Waals surface area contributed by atoms with Crippen molar-refractivity contribution < 1.29 is 14.6 Å². The second-order valence-electron chi connectivity index (χ2n) is 5.20. The summed E-state index contributed by atoms with van der Waals surface area (Å²) in [5.41, 5.74) is 2.53. The van der Waals surface area contributed by atoms with Crippen molar-refractivity contribution in [3.05, 3.63) is 29.3 Å². The van der Waals surface area contributed by atoms with E-state index in [2.05, 4.69) is 19.1 Å². The third-order valence-corrected chi connectivity index (χ3v) is 3.89. The topological polar surface area (TPSA) is 46.5 Å². The first-order valence-corrected chi connectivity index (χ1v) is 6.46. The number of ether oxygens (including phenoxy) is 1. The molecule has 1 aromatic rings. The van der Waals surface area contributed by atoms with Gasteiger partial charge in [-0.05, 0) is 55.2 Å². The van der Waals surface area contributed by atoms with Crippen LogP contribution >= 0.6 is 0 Å². The summed E-state index contributed by atoms with van der Waals surface area (Å²) >= 11 is 0. The fraction of sp³-hybridized carbons (Fsp3) is 0.533. The van der Waals surface area contributed by atoms with E-state index in [0.717, 1.165) is 25.0 Å². The highest BCUT2D eigenvalue weighted by Gasteiger charge is 2.30. The third kappa shape index (κ3) is 2.84. The van der Waals surface area contributed by atoms with Crippen LogP contribution < -0.4 is 4.74 Å². The third-order valence-electron chi connectivity index (χ3n) is 3.89. The monoisotopic (exact) mass is 248 g/mol. The van der Waals surface area contributed by atoms with E-state index in [0.29, 0.717) is 18.3 Å². The van der Waals surface area contributed by atoms with Crippen LogP contribution in [0.5, 0.6) is 5.75 Å². The maximum absolute atomic E-state index is 10.5. The lowest BCUT2D eigenvalue weighted by Gasteiger charge is -2.35. The summed E-state index contributed by atoms with van der Waals surface area (Å²) in [5, 5.41) is 8.65. The van der Waals surface area contributed by atoms with Crippen molar-refractivity contribution in [1.29, 1.82) is 0 Å². The minimum absolute atomic E-state index is 0.305. The predicted octanol–water partition coefficient (Wildman–Crippen LogP) is 3.36. The minimum Gasteiger partial charge on any atom is -0.496 e. The van der Waals surface area contributed by atoms with E-state index in [1.54, 1.807) is 7.11 Å². The number of aliphatic carboxylic acids is 1. The number of carboxylic acids is 1. The van der Waals surface area contributed by atoms with Gasteiger partial charge in [-0.1, -0.05) is 12.1 Å². The molecule has 0 aromatic heterocycles. The number of carboxylic acid groups (broad SMARTS) is 1. The molecule has 98 valence electrons. The quantitative estimate of drug-likeness (QED) is 0.869. The molecule has 0 heterocycles. The lowest BCUT2D eigenvalue weighted by atomic mass is 9.69. The standard InChI is InChI=1S/C15H20O3/c1-10-7-12(4-5-14(10)18-2)13-8-11(9-13)3-6-15(16)17/h4-5,7,11,13H,3,6,8-9H2,1-2H3,(H,16,17). The Hall–Kier alpha value is -1.51. The summed E-state index contributed by atoms with van der Waals surface area (Å²) in [6, 6.07) is 6.34. The van der Waals surface area contributed by atoms with Crippen LogP contribution in [0.1, 0.15) is 42.7 Å². The van der Waals surface area contributed by atoms with Gasteiger partial charge >= 0.3 is 5.97 Å². The van der Waals surface area contributed by atoms with Crippen molar-refractivity contribution >= 4 is 5.97 Å². The van der Waals surface area contributed by atoms with Crippen LogP contribution in [0.25, 0.3) is 0 Å². The van der Waals surface area contributed by atoms with E-state index in [1.807, 2.05) is 6.07 Å². The van der Waals surface area contributed by atoms with Crippen molar-refractivity contribution in [2.75, 3.05) is 7.11 Å². The molecule has 0 bridgehead atoms. The summed E-state index contributed by atoms with van der Waals surface area (Å²) < 4.78 is 5.25. The summed E-state index contributed by atoms with van der Waals surface area (Å²) in [5.74, 6) is 1.45. The maximum atomic E-state index is 10.5. The van der Waals surface area contributed by atoms with Crippen LogP contribution in [-0.2, 0) is 4.79 Å². The van der Waals surface area contributed by atoms with Crippen LogP contribution in [0.4, 0.5) is 0 Å². The van der Waals surface area contributed by atoms with Crippen molar-refractivity contribution in [1.82, 2.24) is 0 Å². The Kier molecular flexibility index (Phi) is 3.90. The molecule has 0 atom stereocenters. The van der Waals surface area contributed by atoms with Crippen LogP contribution in [0.2, 0.25) is 0 Å². The maximum Gasteiger partial charge on any atom is 0.303 e. The molecular weight excluding hydrogens is 228 g/mol. The van der Waals surface area contributed by atoms with Gasteiger partial charge in [0.2, 0.25) is 0 Å². The van der Waals surface area contributed by atoms with Crippen molar-refractivity contribution in [3.63, 3.8) is 0 Å². The smallest absolute Gasteiger partial charge is 0.303 e. The van der Waals surface area contributed by atoms with Gasteiger partial charge in [-0.15, -0.1) is 0 Å². The highest BCUT2D eigenvalue weighted by Crippen LogP contribution is 2.44. The van der Waals surface area contributed by atoms with E-state index in [9.17, 15) is 4.79 Å². The molecule has 1 aliphatic carbocycles. The molecule has 1 fully saturated rings. The van der Waals surface area contributed by atoms with Crippen molar-refractivity contribution in [3.8, 4) is 5.75 Å². The molecule has 2 rings (SSSR count). The first-order chi connectivity index (χ1) is 8.60. The molecule has 0 aliphatic heterocycles. The number of hydrogen-bond acceptors (Lipinski definition) is 2. The average Bonchev–Trinajstić information content (AvgIpc) is 2.26. The van der Waals surface area contributed by atoms with Gasteiger partial charge in [0.05, 0.1) is 7.11 Å². The summed E-state index contributed by atoms with van der Waals surface area (Å²) in [6.07, 6.45) is 3.37. The molecule has 0 unspecified atom stereocenters. The number of methoxy groups -OCH3 is 1. The molecule has 0 amide bonds. The van der Waals surface area contributed by atoms with Crippen molar-refractivity contribution in [2.45, 2.75) is 38.5 Å². The molecule has 1 aromatic carbocycles. The Labute approximate surface area is 108 Å².